The minimum absolute atomic E-state index is 0.0580. The average molecular weight is 536 g/mol. The van der Waals surface area contributed by atoms with E-state index in [1.807, 2.05) is 38.1 Å². The summed E-state index contributed by atoms with van der Waals surface area (Å²) in [5.41, 5.74) is 1.65. The number of hydrogen-bond acceptors (Lipinski definition) is 5. The Bertz CT molecular complexity index is 1170. The van der Waals surface area contributed by atoms with Crippen LogP contribution in [0, 0.1) is 37.5 Å². The van der Waals surface area contributed by atoms with Crippen molar-refractivity contribution in [3.8, 4) is 0 Å². The molecule has 1 aromatic carbocycles. The van der Waals surface area contributed by atoms with Crippen molar-refractivity contribution < 1.29 is 23.9 Å². The minimum atomic E-state index is -1.15. The smallest absolute Gasteiger partial charge is 0.246 e. The molecule has 3 amide bonds. The van der Waals surface area contributed by atoms with Crippen LogP contribution in [0.25, 0.3) is 0 Å². The van der Waals surface area contributed by atoms with E-state index in [-0.39, 0.29) is 29.9 Å². The van der Waals surface area contributed by atoms with Crippen molar-refractivity contribution in [2.24, 2.45) is 23.7 Å². The van der Waals surface area contributed by atoms with E-state index in [1.54, 1.807) is 4.90 Å². The van der Waals surface area contributed by atoms with Crippen LogP contribution in [0.2, 0.25) is 0 Å². The fourth-order valence-electron chi connectivity index (χ4n) is 7.79. The number of nitrogens with zero attached hydrogens (tertiary/aromatic N) is 1. The van der Waals surface area contributed by atoms with E-state index in [9.17, 15) is 14.4 Å². The molecule has 6 rings (SSSR count). The Kier molecular flexibility index (Phi) is 6.82. The number of benzene rings is 1. The fraction of sp³-hybridized carbons (Fsp3) is 0.645. The first-order chi connectivity index (χ1) is 18.7. The van der Waals surface area contributed by atoms with Crippen molar-refractivity contribution in [3.63, 3.8) is 0 Å². The molecule has 1 aromatic rings. The van der Waals surface area contributed by atoms with E-state index in [1.165, 1.54) is 0 Å². The lowest BCUT2D eigenvalue weighted by Gasteiger charge is -2.38. The van der Waals surface area contributed by atoms with Crippen molar-refractivity contribution in [1.82, 2.24) is 10.2 Å². The van der Waals surface area contributed by atoms with Crippen LogP contribution in [0.1, 0.15) is 57.1 Å². The fourth-order valence-corrected chi connectivity index (χ4v) is 7.79. The first kappa shape index (κ1) is 26.5. The van der Waals surface area contributed by atoms with Crippen LogP contribution in [-0.4, -0.2) is 65.7 Å². The van der Waals surface area contributed by atoms with Crippen LogP contribution in [0.3, 0.4) is 0 Å². The molecule has 1 saturated carbocycles. The molecule has 5 aliphatic rings. The first-order valence-electron chi connectivity index (χ1n) is 14.7. The molecule has 8 nitrogen and oxygen atoms in total. The summed E-state index contributed by atoms with van der Waals surface area (Å²) in [5, 5.41) is 6.35. The average Bonchev–Trinajstić information content (AvgIpc) is 3.64. The number of rotatable bonds is 6. The Balaban J connectivity index is 1.30. The molecule has 39 heavy (non-hydrogen) atoms. The van der Waals surface area contributed by atoms with E-state index in [4.69, 9.17) is 9.47 Å². The molecule has 2 bridgehead atoms. The third kappa shape index (κ3) is 4.49. The Hall–Kier alpha value is -2.71. The molecule has 0 aromatic heterocycles. The Labute approximate surface area is 230 Å². The van der Waals surface area contributed by atoms with Crippen molar-refractivity contribution in [2.75, 3.05) is 18.5 Å². The summed E-state index contributed by atoms with van der Waals surface area (Å²) in [7, 11) is 0. The number of amides is 3. The summed E-state index contributed by atoms with van der Waals surface area (Å²) in [4.78, 5) is 43.6. The quantitative estimate of drug-likeness (QED) is 0.544. The maximum absolute atomic E-state index is 14.2. The van der Waals surface area contributed by atoms with Crippen molar-refractivity contribution in [1.29, 1.82) is 0 Å². The van der Waals surface area contributed by atoms with Gasteiger partial charge in [0.1, 0.15) is 11.6 Å². The lowest BCUT2D eigenvalue weighted by molar-refractivity contribution is -0.143. The molecule has 1 spiro atoms. The normalized spacial score (nSPS) is 38.8. The minimum Gasteiger partial charge on any atom is -0.376 e. The van der Waals surface area contributed by atoms with Gasteiger partial charge in [-0.3, -0.25) is 14.4 Å². The maximum Gasteiger partial charge on any atom is 0.246 e. The van der Waals surface area contributed by atoms with Crippen molar-refractivity contribution in [3.05, 3.63) is 41.5 Å². The van der Waals surface area contributed by atoms with Gasteiger partial charge in [-0.15, -0.1) is 0 Å². The second kappa shape index (κ2) is 10.0. The highest BCUT2D eigenvalue weighted by Gasteiger charge is 2.73. The zero-order valence-electron chi connectivity index (χ0n) is 23.4. The van der Waals surface area contributed by atoms with Gasteiger partial charge in [0.2, 0.25) is 17.7 Å². The van der Waals surface area contributed by atoms with E-state index in [0.29, 0.717) is 30.7 Å². The van der Waals surface area contributed by atoms with Crippen LogP contribution in [0.5, 0.6) is 0 Å². The summed E-state index contributed by atoms with van der Waals surface area (Å²) in [5.74, 6) is -1.20. The van der Waals surface area contributed by atoms with E-state index in [2.05, 4.69) is 30.5 Å². The lowest BCUT2D eigenvalue weighted by atomic mass is 9.73. The van der Waals surface area contributed by atoms with Gasteiger partial charge in [0.25, 0.3) is 0 Å². The standard InChI is InChI=1S/C31H41N3O5/c1-17-13-18(2)15-21(14-17)32-28(35)25-24-10-11-31(39-24)26(25)30(37)34(16-22-8-6-12-38-22)27(31)29(36)33-23-9-5-7-19(3)20(23)4/h10-11,13-15,19-20,22-27H,5-9,12,16H2,1-4H3,(H,32,35)(H,33,36)/t19-,20+,22+,23-,24-,25+,26-,27-,31-/m1/s1. The summed E-state index contributed by atoms with van der Waals surface area (Å²) in [6.07, 6.45) is 8.06. The summed E-state index contributed by atoms with van der Waals surface area (Å²) in [6, 6.07) is 5.13. The predicted octanol–water partition coefficient (Wildman–Crippen LogP) is 3.51. The zero-order chi connectivity index (χ0) is 27.5. The van der Waals surface area contributed by atoms with Crippen LogP contribution in [0.4, 0.5) is 5.69 Å². The molecule has 0 unspecified atom stereocenters. The second-order valence-corrected chi connectivity index (χ2v) is 12.6. The largest absolute Gasteiger partial charge is 0.376 e. The molecule has 2 N–H and O–H groups in total. The van der Waals surface area contributed by atoms with Gasteiger partial charge >= 0.3 is 0 Å². The van der Waals surface area contributed by atoms with Gasteiger partial charge in [0, 0.05) is 24.9 Å². The molecule has 8 heteroatoms. The third-order valence-corrected chi connectivity index (χ3v) is 9.87. The Morgan fingerprint density at radius 3 is 2.54 bits per heavy atom. The number of carbonyl (C=O) groups is 3. The Morgan fingerprint density at radius 2 is 1.82 bits per heavy atom. The molecule has 4 heterocycles. The Morgan fingerprint density at radius 1 is 1.05 bits per heavy atom. The second-order valence-electron chi connectivity index (χ2n) is 12.6. The molecule has 4 aliphatic heterocycles. The lowest BCUT2D eigenvalue weighted by Crippen LogP contribution is -2.58. The summed E-state index contributed by atoms with van der Waals surface area (Å²) < 4.78 is 12.4. The SMILES string of the molecule is Cc1cc(C)cc(NC(=O)[C@H]2[C@H]3C=C[C@@]4(O3)[C@H]2C(=O)N(C[C@@H]2CCCO2)[C@@H]4C(=O)N[C@@H]2CCC[C@@H](C)[C@@H]2C)c1. The molecule has 9 atom stereocenters. The molecule has 0 radical (unpaired) electrons. The number of hydrogen-bond donors (Lipinski definition) is 2. The third-order valence-electron chi connectivity index (χ3n) is 9.87. The number of nitrogens with one attached hydrogen (secondary N) is 2. The monoisotopic (exact) mass is 535 g/mol. The molecule has 4 fully saturated rings. The summed E-state index contributed by atoms with van der Waals surface area (Å²) >= 11 is 0. The highest BCUT2D eigenvalue weighted by atomic mass is 16.5. The molecular weight excluding hydrogens is 494 g/mol. The van der Waals surface area contributed by atoms with Gasteiger partial charge in [-0.1, -0.05) is 44.9 Å². The van der Waals surface area contributed by atoms with E-state index >= 15 is 0 Å². The van der Waals surface area contributed by atoms with Crippen LogP contribution in [-0.2, 0) is 23.9 Å². The number of aryl methyl sites for hydroxylation is 2. The highest BCUT2D eigenvalue weighted by Crippen LogP contribution is 2.55. The highest BCUT2D eigenvalue weighted by molar-refractivity contribution is 6.02. The van der Waals surface area contributed by atoms with Crippen LogP contribution in [0.15, 0.2) is 30.4 Å². The van der Waals surface area contributed by atoms with Gasteiger partial charge in [-0.2, -0.15) is 0 Å². The van der Waals surface area contributed by atoms with Crippen LogP contribution >= 0.6 is 0 Å². The molecule has 3 saturated heterocycles. The number of anilines is 1. The molecule has 1 aliphatic carbocycles. The van der Waals surface area contributed by atoms with Crippen molar-refractivity contribution >= 4 is 23.4 Å². The predicted molar refractivity (Wildman–Crippen MR) is 147 cm³/mol. The van der Waals surface area contributed by atoms with Gasteiger partial charge in [0.15, 0.2) is 0 Å². The first-order valence-corrected chi connectivity index (χ1v) is 14.7. The molecular formula is C31H41N3O5. The van der Waals surface area contributed by atoms with Gasteiger partial charge in [-0.25, -0.2) is 0 Å². The van der Waals surface area contributed by atoms with Crippen molar-refractivity contribution in [2.45, 2.75) is 89.7 Å². The van der Waals surface area contributed by atoms with E-state index < -0.39 is 29.6 Å². The van der Waals surface area contributed by atoms with Gasteiger partial charge < -0.3 is 25.0 Å². The van der Waals surface area contributed by atoms with E-state index in [0.717, 1.165) is 43.2 Å². The van der Waals surface area contributed by atoms with Gasteiger partial charge in [-0.05, 0) is 68.2 Å². The topological polar surface area (TPSA) is 97.0 Å². The summed E-state index contributed by atoms with van der Waals surface area (Å²) in [6.45, 7) is 9.41. The number of ether oxygens (including phenoxy) is 2. The number of likely N-dealkylation sites (tertiary alicyclic amines) is 1. The zero-order valence-corrected chi connectivity index (χ0v) is 23.4. The molecule has 210 valence electrons. The number of fused-ring (bicyclic) bond motifs is 1. The van der Waals surface area contributed by atoms with Crippen LogP contribution < -0.4 is 10.6 Å². The number of carbonyl (C=O) groups excluding carboxylic acids is 3. The van der Waals surface area contributed by atoms with Gasteiger partial charge in [0.05, 0.1) is 24.0 Å². The maximum atomic E-state index is 14.2.